The van der Waals surface area contributed by atoms with E-state index in [-0.39, 0.29) is 5.92 Å². The molecule has 2 heterocycles. The van der Waals surface area contributed by atoms with Gasteiger partial charge in [0.2, 0.25) is 5.69 Å². The summed E-state index contributed by atoms with van der Waals surface area (Å²) in [5.74, 6) is -0.263. The number of nitrogens with zero attached hydrogens (tertiary/aromatic N) is 5. The van der Waals surface area contributed by atoms with Crippen molar-refractivity contribution in [1.29, 1.82) is 5.26 Å². The Morgan fingerprint density at radius 3 is 1.81 bits per heavy atom. The zero-order valence-electron chi connectivity index (χ0n) is 30.5. The van der Waals surface area contributed by atoms with Crippen LogP contribution in [0.1, 0.15) is 28.2 Å². The Kier molecular flexibility index (Phi) is 7.04. The standard InChI is InChI=1S/C52H29N5/c1-54-44-29-28-35(52(50(44)55-2)57-46-22-12-8-17-37(46)38-18-9-13-23-47(38)57)32-24-25-33(31-53)43(30-32)48-40-20-7-6-16-36(40)41-26-27-42-39-19-10-11-21-45(39)56(51(42)49(41)48)34-14-4-3-5-15-34/h3-30,48H. The first-order chi connectivity index (χ1) is 28.2. The van der Waals surface area contributed by atoms with Crippen molar-refractivity contribution in [1.82, 2.24) is 9.13 Å². The number of aromatic nitrogens is 2. The second-order valence-electron chi connectivity index (χ2n) is 14.5. The Morgan fingerprint density at radius 1 is 0.509 bits per heavy atom. The zero-order valence-corrected chi connectivity index (χ0v) is 30.5. The summed E-state index contributed by atoms with van der Waals surface area (Å²) in [7, 11) is 0. The minimum Gasteiger partial charge on any atom is -0.320 e. The van der Waals surface area contributed by atoms with Crippen molar-refractivity contribution < 1.29 is 0 Å². The Balaban J connectivity index is 1.24. The van der Waals surface area contributed by atoms with Crippen LogP contribution in [-0.2, 0) is 0 Å². The number of para-hydroxylation sites is 4. The normalized spacial score (nSPS) is 13.0. The minimum atomic E-state index is -0.263. The van der Waals surface area contributed by atoms with Crippen molar-refractivity contribution in [2.45, 2.75) is 5.92 Å². The molecule has 0 N–H and O–H groups in total. The fourth-order valence-corrected chi connectivity index (χ4v) is 9.39. The Bertz CT molecular complexity index is 3400. The number of benzene rings is 8. The molecule has 0 amide bonds. The molecule has 1 aliphatic rings. The third kappa shape index (κ3) is 4.54. The minimum absolute atomic E-state index is 0.263. The maximum absolute atomic E-state index is 10.9. The maximum Gasteiger partial charge on any atom is 0.218 e. The predicted molar refractivity (Wildman–Crippen MR) is 231 cm³/mol. The zero-order chi connectivity index (χ0) is 38.2. The highest BCUT2D eigenvalue weighted by atomic mass is 15.0. The number of rotatable bonds is 4. The van der Waals surface area contributed by atoms with E-state index in [4.69, 9.17) is 13.1 Å². The number of hydrogen-bond donors (Lipinski definition) is 0. The van der Waals surface area contributed by atoms with Crippen LogP contribution in [0.3, 0.4) is 0 Å². The summed E-state index contributed by atoms with van der Waals surface area (Å²) in [4.78, 5) is 7.87. The fourth-order valence-electron chi connectivity index (χ4n) is 9.39. The number of nitriles is 1. The van der Waals surface area contributed by atoms with E-state index in [1.54, 1.807) is 6.07 Å². The molecule has 8 aromatic carbocycles. The smallest absolute Gasteiger partial charge is 0.218 e. The van der Waals surface area contributed by atoms with Crippen LogP contribution >= 0.6 is 0 Å². The lowest BCUT2D eigenvalue weighted by molar-refractivity contribution is 1.00. The lowest BCUT2D eigenvalue weighted by Gasteiger charge is -2.21. The molecular formula is C52H29N5. The van der Waals surface area contributed by atoms with Crippen LogP contribution in [0.25, 0.3) is 86.9 Å². The lowest BCUT2D eigenvalue weighted by Crippen LogP contribution is -2.06. The van der Waals surface area contributed by atoms with Crippen LogP contribution < -0.4 is 0 Å². The van der Waals surface area contributed by atoms with Crippen LogP contribution in [0.15, 0.2) is 170 Å². The maximum atomic E-state index is 10.9. The molecule has 57 heavy (non-hydrogen) atoms. The van der Waals surface area contributed by atoms with Gasteiger partial charge in [-0.15, -0.1) is 0 Å². The van der Waals surface area contributed by atoms with Gasteiger partial charge < -0.3 is 9.13 Å². The molecule has 262 valence electrons. The molecule has 5 nitrogen and oxygen atoms in total. The molecule has 11 rings (SSSR count). The topological polar surface area (TPSA) is 42.4 Å². The van der Waals surface area contributed by atoms with E-state index in [1.807, 2.05) is 48.5 Å². The largest absolute Gasteiger partial charge is 0.320 e. The summed E-state index contributed by atoms with van der Waals surface area (Å²) < 4.78 is 4.52. The van der Waals surface area contributed by atoms with Gasteiger partial charge in [-0.3, -0.25) is 4.85 Å². The molecule has 0 saturated carbocycles. The average molecular weight is 724 g/mol. The molecule has 0 radical (unpaired) electrons. The van der Waals surface area contributed by atoms with Crippen LogP contribution in [0.4, 0.5) is 11.4 Å². The van der Waals surface area contributed by atoms with Gasteiger partial charge in [0.1, 0.15) is 0 Å². The molecular weight excluding hydrogens is 695 g/mol. The molecule has 2 aromatic heterocycles. The van der Waals surface area contributed by atoms with Crippen molar-refractivity contribution in [3.63, 3.8) is 0 Å². The van der Waals surface area contributed by atoms with E-state index in [2.05, 4.69) is 140 Å². The molecule has 0 aliphatic heterocycles. The molecule has 1 unspecified atom stereocenters. The molecule has 5 heteroatoms. The van der Waals surface area contributed by atoms with Gasteiger partial charge in [-0.2, -0.15) is 5.26 Å². The molecule has 1 atom stereocenters. The highest BCUT2D eigenvalue weighted by molar-refractivity contribution is 6.14. The van der Waals surface area contributed by atoms with Gasteiger partial charge in [0.15, 0.2) is 5.69 Å². The summed E-state index contributed by atoms with van der Waals surface area (Å²) in [5.41, 5.74) is 14.3. The first-order valence-electron chi connectivity index (χ1n) is 18.9. The van der Waals surface area contributed by atoms with Crippen molar-refractivity contribution >= 4 is 55.0 Å². The summed E-state index contributed by atoms with van der Waals surface area (Å²) in [6.45, 7) is 16.5. The summed E-state index contributed by atoms with van der Waals surface area (Å²) in [5, 5.41) is 15.3. The van der Waals surface area contributed by atoms with Gasteiger partial charge in [0.05, 0.1) is 46.8 Å². The summed E-state index contributed by atoms with van der Waals surface area (Å²) in [6, 6.07) is 60.9. The van der Waals surface area contributed by atoms with Crippen LogP contribution in [0.2, 0.25) is 0 Å². The molecule has 10 aromatic rings. The Labute approximate surface area is 328 Å². The van der Waals surface area contributed by atoms with Crippen LogP contribution in [0, 0.1) is 24.5 Å². The second-order valence-corrected chi connectivity index (χ2v) is 14.5. The van der Waals surface area contributed by atoms with Crippen molar-refractivity contribution in [2.75, 3.05) is 0 Å². The molecule has 1 aliphatic carbocycles. The third-order valence-electron chi connectivity index (χ3n) is 11.7. The molecule has 0 bridgehead atoms. The summed E-state index contributed by atoms with van der Waals surface area (Å²) >= 11 is 0. The highest BCUT2D eigenvalue weighted by Crippen LogP contribution is 2.54. The quantitative estimate of drug-likeness (QED) is 0.167. The molecule has 0 spiro atoms. The molecule has 0 fully saturated rings. The van der Waals surface area contributed by atoms with Crippen molar-refractivity contribution in [2.24, 2.45) is 0 Å². The lowest BCUT2D eigenvalue weighted by atomic mass is 9.84. The third-order valence-corrected chi connectivity index (χ3v) is 11.7. The Hall–Kier alpha value is -8.17. The predicted octanol–water partition coefficient (Wildman–Crippen LogP) is 13.7. The van der Waals surface area contributed by atoms with Gasteiger partial charge in [-0.25, -0.2) is 4.85 Å². The van der Waals surface area contributed by atoms with Gasteiger partial charge in [0.25, 0.3) is 0 Å². The second kappa shape index (κ2) is 12.4. The van der Waals surface area contributed by atoms with Gasteiger partial charge in [0, 0.05) is 38.8 Å². The first kappa shape index (κ1) is 32.3. The highest BCUT2D eigenvalue weighted by Gasteiger charge is 2.35. The van der Waals surface area contributed by atoms with Gasteiger partial charge in [-0.05, 0) is 81.4 Å². The van der Waals surface area contributed by atoms with Gasteiger partial charge in [-0.1, -0.05) is 127 Å². The molecule has 0 saturated heterocycles. The van der Waals surface area contributed by atoms with Gasteiger partial charge >= 0.3 is 0 Å². The van der Waals surface area contributed by atoms with E-state index >= 15 is 0 Å². The summed E-state index contributed by atoms with van der Waals surface area (Å²) in [6.07, 6.45) is 0. The van der Waals surface area contributed by atoms with E-state index < -0.39 is 0 Å². The number of fused-ring (bicyclic) bond motifs is 10. The van der Waals surface area contributed by atoms with Crippen LogP contribution in [0.5, 0.6) is 0 Å². The van der Waals surface area contributed by atoms with Crippen molar-refractivity contribution in [3.05, 3.63) is 215 Å². The van der Waals surface area contributed by atoms with E-state index in [0.717, 1.165) is 82.9 Å². The number of hydrogen-bond acceptors (Lipinski definition) is 1. The van der Waals surface area contributed by atoms with Crippen molar-refractivity contribution in [3.8, 4) is 39.7 Å². The monoisotopic (exact) mass is 723 g/mol. The fraction of sp³-hybridized carbons (Fsp3) is 0.0192. The Morgan fingerprint density at radius 2 is 1.12 bits per heavy atom. The SMILES string of the molecule is [C-]#[N+]c1ccc(-c2ccc(C#N)c(C3c4ccccc4-c4ccc5c6ccccc6n(-c6ccccc6)c5c43)c2)c(-n2c3ccccc3c3ccccc32)c1[N+]#[C-]. The first-order valence-corrected chi connectivity index (χ1v) is 18.9. The van der Waals surface area contributed by atoms with E-state index in [1.165, 1.54) is 5.39 Å². The van der Waals surface area contributed by atoms with E-state index in [9.17, 15) is 5.26 Å². The van der Waals surface area contributed by atoms with E-state index in [0.29, 0.717) is 22.6 Å². The average Bonchev–Trinajstić information content (AvgIpc) is 3.92. The van der Waals surface area contributed by atoms with Crippen LogP contribution in [-0.4, -0.2) is 9.13 Å².